The molecule has 0 bridgehead atoms. The highest BCUT2D eigenvalue weighted by Crippen LogP contribution is 2.21. The van der Waals surface area contributed by atoms with Crippen molar-refractivity contribution >= 4 is 45.2 Å². The molecule has 1 nitrogen and oxygen atoms in total. The van der Waals surface area contributed by atoms with Gasteiger partial charge in [0.05, 0.1) is 0 Å². The average Bonchev–Trinajstić information content (AvgIpc) is 2.18. The van der Waals surface area contributed by atoms with E-state index in [2.05, 4.69) is 59.0 Å². The molecule has 0 N–H and O–H groups in total. The van der Waals surface area contributed by atoms with Crippen molar-refractivity contribution in [3.05, 3.63) is 0 Å². The second kappa shape index (κ2) is 11.9. The lowest BCUT2D eigenvalue weighted by atomic mass is 10.2. The number of hydrogen-bond donors (Lipinski definition) is 0. The van der Waals surface area contributed by atoms with Crippen LogP contribution in [-0.4, -0.2) is 8.22 Å². The van der Waals surface area contributed by atoms with Crippen LogP contribution in [0.1, 0.15) is 65.2 Å². The maximum Gasteiger partial charge on any atom is 0.110 e. The lowest BCUT2D eigenvalue weighted by molar-refractivity contribution is 0.0990. The van der Waals surface area contributed by atoms with E-state index in [1.54, 1.807) is 0 Å². The van der Waals surface area contributed by atoms with E-state index in [-0.39, 0.29) is 0 Å². The fourth-order valence-electron chi connectivity index (χ4n) is 1.41. The Balaban J connectivity index is 3.35. The number of rotatable bonds is 10. The van der Waals surface area contributed by atoms with E-state index in [1.165, 1.54) is 51.4 Å². The minimum atomic E-state index is 0.415. The number of halogens is 2. The monoisotopic (exact) mass is 438 g/mol. The summed E-state index contributed by atoms with van der Waals surface area (Å²) in [5.74, 6) is 0. The normalized spacial score (nSPS) is 15.2. The standard InChI is InChI=1S/C12H24I2O/c1-3-5-7-9-11(13)15-12(14)10-8-6-4-2/h11-12H,3-10H2,1-2H3. The molecular formula is C12H24I2O. The van der Waals surface area contributed by atoms with Gasteiger partial charge in [0.1, 0.15) is 8.22 Å². The molecular weight excluding hydrogens is 414 g/mol. The summed E-state index contributed by atoms with van der Waals surface area (Å²) in [5, 5.41) is 0. The van der Waals surface area contributed by atoms with Crippen molar-refractivity contribution in [2.75, 3.05) is 0 Å². The molecule has 0 amide bonds. The van der Waals surface area contributed by atoms with Gasteiger partial charge in [0, 0.05) is 0 Å². The molecule has 0 fully saturated rings. The highest BCUT2D eigenvalue weighted by Gasteiger charge is 2.10. The highest BCUT2D eigenvalue weighted by atomic mass is 127. The summed E-state index contributed by atoms with van der Waals surface area (Å²) in [6, 6.07) is 0. The summed E-state index contributed by atoms with van der Waals surface area (Å²) in [7, 11) is 0. The second-order valence-corrected chi connectivity index (χ2v) is 6.73. The van der Waals surface area contributed by atoms with Crippen LogP contribution in [0.2, 0.25) is 0 Å². The molecule has 0 aromatic heterocycles. The van der Waals surface area contributed by atoms with Gasteiger partial charge in [-0.25, -0.2) is 0 Å². The third kappa shape index (κ3) is 11.7. The van der Waals surface area contributed by atoms with Gasteiger partial charge in [-0.15, -0.1) is 0 Å². The largest absolute Gasteiger partial charge is 0.354 e. The Morgan fingerprint density at radius 2 is 1.20 bits per heavy atom. The fourth-order valence-corrected chi connectivity index (χ4v) is 3.56. The van der Waals surface area contributed by atoms with Crippen LogP contribution in [-0.2, 0) is 4.74 Å². The molecule has 0 saturated heterocycles. The van der Waals surface area contributed by atoms with Gasteiger partial charge >= 0.3 is 0 Å². The van der Waals surface area contributed by atoms with Crippen molar-refractivity contribution in [3.8, 4) is 0 Å². The number of alkyl halides is 2. The molecule has 15 heavy (non-hydrogen) atoms. The van der Waals surface area contributed by atoms with Crippen LogP contribution in [0.25, 0.3) is 0 Å². The zero-order valence-corrected chi connectivity index (χ0v) is 14.3. The van der Waals surface area contributed by atoms with E-state index in [0.29, 0.717) is 8.22 Å². The van der Waals surface area contributed by atoms with Crippen molar-refractivity contribution in [3.63, 3.8) is 0 Å². The molecule has 0 heterocycles. The first-order chi connectivity index (χ1) is 7.20. The predicted molar refractivity (Wildman–Crippen MR) is 85.0 cm³/mol. The predicted octanol–water partition coefficient (Wildman–Crippen LogP) is 5.69. The Morgan fingerprint density at radius 3 is 1.53 bits per heavy atom. The van der Waals surface area contributed by atoms with Crippen molar-refractivity contribution in [1.82, 2.24) is 0 Å². The molecule has 2 atom stereocenters. The second-order valence-electron chi connectivity index (χ2n) is 3.95. The van der Waals surface area contributed by atoms with Crippen LogP contribution in [0.5, 0.6) is 0 Å². The maximum atomic E-state index is 5.92. The number of ether oxygens (including phenoxy) is 1. The quantitative estimate of drug-likeness (QED) is 0.242. The molecule has 0 saturated carbocycles. The molecule has 0 spiro atoms. The Labute approximate surface area is 122 Å². The minimum Gasteiger partial charge on any atom is -0.354 e. The lowest BCUT2D eigenvalue weighted by Crippen LogP contribution is -2.11. The molecule has 0 aliphatic rings. The van der Waals surface area contributed by atoms with Gasteiger partial charge in [-0.1, -0.05) is 97.6 Å². The Morgan fingerprint density at radius 1 is 0.800 bits per heavy atom. The third-order valence-corrected chi connectivity index (χ3v) is 4.20. The van der Waals surface area contributed by atoms with E-state index in [4.69, 9.17) is 4.74 Å². The first-order valence-electron chi connectivity index (χ1n) is 6.14. The van der Waals surface area contributed by atoms with E-state index in [1.807, 2.05) is 0 Å². The highest BCUT2D eigenvalue weighted by molar-refractivity contribution is 14.1. The first kappa shape index (κ1) is 16.4. The van der Waals surface area contributed by atoms with E-state index in [0.717, 1.165) is 0 Å². The summed E-state index contributed by atoms with van der Waals surface area (Å²) in [6.45, 7) is 4.49. The van der Waals surface area contributed by atoms with E-state index < -0.39 is 0 Å². The minimum absolute atomic E-state index is 0.415. The summed E-state index contributed by atoms with van der Waals surface area (Å²) < 4.78 is 6.75. The van der Waals surface area contributed by atoms with Crippen LogP contribution < -0.4 is 0 Å². The smallest absolute Gasteiger partial charge is 0.110 e. The molecule has 0 rings (SSSR count). The van der Waals surface area contributed by atoms with Crippen LogP contribution in [0.15, 0.2) is 0 Å². The van der Waals surface area contributed by atoms with E-state index >= 15 is 0 Å². The molecule has 0 aliphatic carbocycles. The van der Waals surface area contributed by atoms with Crippen molar-refractivity contribution in [2.24, 2.45) is 0 Å². The molecule has 3 heteroatoms. The molecule has 0 aromatic rings. The van der Waals surface area contributed by atoms with Gasteiger partial charge < -0.3 is 4.74 Å². The molecule has 0 aliphatic heterocycles. The topological polar surface area (TPSA) is 9.23 Å². The molecule has 2 unspecified atom stereocenters. The molecule has 92 valence electrons. The average molecular weight is 438 g/mol. The summed E-state index contributed by atoms with van der Waals surface area (Å²) in [5.41, 5.74) is 0. The lowest BCUT2D eigenvalue weighted by Gasteiger charge is -2.16. The fraction of sp³-hybridized carbons (Fsp3) is 1.00. The van der Waals surface area contributed by atoms with Gasteiger partial charge in [0.2, 0.25) is 0 Å². The van der Waals surface area contributed by atoms with Crippen LogP contribution in [0.4, 0.5) is 0 Å². The molecule has 0 aromatic carbocycles. The first-order valence-corrected chi connectivity index (χ1v) is 8.63. The van der Waals surface area contributed by atoms with E-state index in [9.17, 15) is 0 Å². The van der Waals surface area contributed by atoms with Gasteiger partial charge in [-0.3, -0.25) is 0 Å². The van der Waals surface area contributed by atoms with Crippen molar-refractivity contribution in [1.29, 1.82) is 0 Å². The number of unbranched alkanes of at least 4 members (excludes halogenated alkanes) is 4. The summed E-state index contributed by atoms with van der Waals surface area (Å²) >= 11 is 4.86. The summed E-state index contributed by atoms with van der Waals surface area (Å²) in [4.78, 5) is 0. The van der Waals surface area contributed by atoms with Gasteiger partial charge in [-0.2, -0.15) is 0 Å². The summed E-state index contributed by atoms with van der Waals surface area (Å²) in [6.07, 6.45) is 10.3. The Hall–Kier alpha value is 1.42. The number of hydrogen-bond acceptors (Lipinski definition) is 1. The van der Waals surface area contributed by atoms with Gasteiger partial charge in [-0.05, 0) is 12.8 Å². The van der Waals surface area contributed by atoms with Crippen molar-refractivity contribution < 1.29 is 4.74 Å². The van der Waals surface area contributed by atoms with Gasteiger partial charge in [0.15, 0.2) is 0 Å². The van der Waals surface area contributed by atoms with Crippen LogP contribution in [0, 0.1) is 0 Å². The van der Waals surface area contributed by atoms with Crippen LogP contribution in [0.3, 0.4) is 0 Å². The zero-order valence-electron chi connectivity index (χ0n) is 9.98. The Bertz CT molecular complexity index is 117. The maximum absolute atomic E-state index is 5.92. The Kier molecular flexibility index (Phi) is 13.0. The molecule has 0 radical (unpaired) electrons. The van der Waals surface area contributed by atoms with Crippen LogP contribution >= 0.6 is 45.2 Å². The SMILES string of the molecule is CCCCCC(I)OC(I)CCCCC. The third-order valence-electron chi connectivity index (χ3n) is 2.36. The van der Waals surface area contributed by atoms with Crippen molar-refractivity contribution in [2.45, 2.75) is 73.4 Å². The zero-order chi connectivity index (χ0) is 11.5. The van der Waals surface area contributed by atoms with Gasteiger partial charge in [0.25, 0.3) is 0 Å².